The predicted octanol–water partition coefficient (Wildman–Crippen LogP) is 7.76. The third-order valence-corrected chi connectivity index (χ3v) is 5.83. The van der Waals surface area contributed by atoms with E-state index in [1.807, 2.05) is 36.4 Å². The van der Waals surface area contributed by atoms with Crippen molar-refractivity contribution in [1.29, 1.82) is 0 Å². The maximum Gasteiger partial charge on any atom is 0.165 e. The van der Waals surface area contributed by atoms with Crippen LogP contribution in [-0.2, 0) is 17.6 Å². The molecule has 1 unspecified atom stereocenters. The summed E-state index contributed by atoms with van der Waals surface area (Å²) in [7, 11) is 0. The Morgan fingerprint density at radius 2 is 1.42 bits per heavy atom. The van der Waals surface area contributed by atoms with Crippen molar-refractivity contribution in [3.05, 3.63) is 113 Å². The largest absolute Gasteiger partial charge is 0.371 e. The van der Waals surface area contributed by atoms with Crippen LogP contribution in [0.1, 0.15) is 30.0 Å². The third-order valence-electron chi connectivity index (χ3n) is 5.83. The molecule has 0 bridgehead atoms. The van der Waals surface area contributed by atoms with E-state index >= 15 is 0 Å². The van der Waals surface area contributed by atoms with Gasteiger partial charge in [0.05, 0.1) is 0 Å². The Morgan fingerprint density at radius 3 is 2.09 bits per heavy atom. The highest BCUT2D eigenvalue weighted by Gasteiger charge is 2.26. The summed E-state index contributed by atoms with van der Waals surface area (Å²) in [5.41, 5.74) is 4.13. The Balaban J connectivity index is 1.44. The molecule has 0 aromatic heterocycles. The number of allylic oxidation sites excluding steroid dienone is 2. The lowest BCUT2D eigenvalue weighted by molar-refractivity contribution is 0.0710. The molecule has 0 N–H and O–H groups in total. The van der Waals surface area contributed by atoms with Gasteiger partial charge in [0.15, 0.2) is 23.3 Å². The number of hydrogen-bond acceptors (Lipinski definition) is 1. The van der Waals surface area contributed by atoms with Gasteiger partial charge in [-0.2, -0.15) is 0 Å². The second-order valence-electron chi connectivity index (χ2n) is 7.95. The van der Waals surface area contributed by atoms with Gasteiger partial charge in [-0.15, -0.1) is 0 Å². The molecule has 1 aliphatic rings. The zero-order chi connectivity index (χ0) is 23.4. The minimum absolute atomic E-state index is 0.245. The lowest BCUT2D eigenvalue weighted by Gasteiger charge is -2.20. The van der Waals surface area contributed by atoms with E-state index in [1.165, 1.54) is 6.07 Å². The number of hydrogen-bond donors (Lipinski definition) is 0. The van der Waals surface area contributed by atoms with Gasteiger partial charge >= 0.3 is 0 Å². The second-order valence-corrected chi connectivity index (χ2v) is 7.95. The Morgan fingerprint density at radius 1 is 0.788 bits per heavy atom. The normalized spacial score (nSPS) is 16.2. The number of ether oxygens (including phenoxy) is 1. The van der Waals surface area contributed by atoms with Crippen molar-refractivity contribution >= 4 is 5.57 Å². The molecule has 0 aliphatic heterocycles. The van der Waals surface area contributed by atoms with Crippen LogP contribution in [0.5, 0.6) is 0 Å². The molecule has 1 aliphatic carbocycles. The summed E-state index contributed by atoms with van der Waals surface area (Å²) in [5.74, 6) is -3.34. The van der Waals surface area contributed by atoms with Crippen molar-refractivity contribution in [2.24, 2.45) is 0 Å². The van der Waals surface area contributed by atoms with Crippen LogP contribution in [0.3, 0.4) is 0 Å². The van der Waals surface area contributed by atoms with E-state index in [4.69, 9.17) is 4.74 Å². The maximum atomic E-state index is 14.5. The smallest absolute Gasteiger partial charge is 0.165 e. The first-order chi connectivity index (χ1) is 16.0. The van der Waals surface area contributed by atoms with Crippen molar-refractivity contribution in [3.63, 3.8) is 0 Å². The van der Waals surface area contributed by atoms with E-state index in [0.717, 1.165) is 22.8 Å². The predicted molar refractivity (Wildman–Crippen MR) is 123 cm³/mol. The number of aryl methyl sites for hydroxylation is 2. The molecule has 5 heteroatoms. The van der Waals surface area contributed by atoms with Crippen LogP contribution < -0.4 is 0 Å². The number of benzene rings is 3. The van der Waals surface area contributed by atoms with Crippen LogP contribution in [0.25, 0.3) is 16.7 Å². The summed E-state index contributed by atoms with van der Waals surface area (Å²) in [6.45, 7) is 2.07. The zero-order valence-corrected chi connectivity index (χ0v) is 18.3. The second kappa shape index (κ2) is 10.2. The maximum absolute atomic E-state index is 14.5. The lowest BCUT2D eigenvalue weighted by atomic mass is 9.94. The summed E-state index contributed by atoms with van der Waals surface area (Å²) < 4.78 is 61.2. The Kier molecular flexibility index (Phi) is 7.09. The van der Waals surface area contributed by atoms with Gasteiger partial charge < -0.3 is 4.74 Å². The third kappa shape index (κ3) is 5.09. The van der Waals surface area contributed by atoms with Crippen molar-refractivity contribution in [2.75, 3.05) is 6.61 Å². The average Bonchev–Trinajstić information content (AvgIpc) is 2.84. The fraction of sp³-hybridized carbons (Fsp3) is 0.214. The fourth-order valence-corrected chi connectivity index (χ4v) is 4.00. The van der Waals surface area contributed by atoms with Crippen LogP contribution in [0.2, 0.25) is 0 Å². The van der Waals surface area contributed by atoms with Crippen molar-refractivity contribution in [3.8, 4) is 11.1 Å². The van der Waals surface area contributed by atoms with Crippen LogP contribution in [0.15, 0.2) is 84.5 Å². The zero-order valence-electron chi connectivity index (χ0n) is 18.3. The summed E-state index contributed by atoms with van der Waals surface area (Å²) in [4.78, 5) is 0. The first-order valence-corrected chi connectivity index (χ1v) is 11.0. The molecule has 3 aromatic carbocycles. The van der Waals surface area contributed by atoms with E-state index in [2.05, 4.69) is 0 Å². The average molecular weight is 452 g/mol. The van der Waals surface area contributed by atoms with Crippen LogP contribution in [0.4, 0.5) is 17.6 Å². The fourth-order valence-electron chi connectivity index (χ4n) is 4.00. The van der Waals surface area contributed by atoms with Gasteiger partial charge in [0.2, 0.25) is 0 Å². The van der Waals surface area contributed by atoms with Gasteiger partial charge in [0, 0.05) is 12.2 Å². The first-order valence-electron chi connectivity index (χ1n) is 11.0. The Labute approximate surface area is 191 Å². The molecule has 4 rings (SSSR count). The van der Waals surface area contributed by atoms with Gasteiger partial charge in [-0.1, -0.05) is 66.7 Å². The Hall–Kier alpha value is -3.18. The Bertz CT molecular complexity index is 1180. The van der Waals surface area contributed by atoms with E-state index in [9.17, 15) is 17.6 Å². The molecule has 0 fully saturated rings. The molecule has 0 radical (unpaired) electrons. The van der Waals surface area contributed by atoms with Crippen molar-refractivity contribution in [2.45, 2.75) is 32.3 Å². The molecule has 33 heavy (non-hydrogen) atoms. The van der Waals surface area contributed by atoms with Crippen molar-refractivity contribution < 1.29 is 22.3 Å². The molecule has 1 nitrogen and oxygen atoms in total. The van der Waals surface area contributed by atoms with Crippen molar-refractivity contribution in [1.82, 2.24) is 0 Å². The topological polar surface area (TPSA) is 9.23 Å². The minimum Gasteiger partial charge on any atom is -0.371 e. The molecular weight excluding hydrogens is 428 g/mol. The molecule has 0 amide bonds. The molecule has 0 saturated carbocycles. The summed E-state index contributed by atoms with van der Waals surface area (Å²) in [5, 5.41) is 0. The highest BCUT2D eigenvalue weighted by Crippen LogP contribution is 2.36. The number of rotatable bonds is 7. The number of halogens is 4. The van der Waals surface area contributed by atoms with Crippen LogP contribution >= 0.6 is 0 Å². The standard InChI is InChI=1S/C28H24F4O/c1-2-33-25-17-16-23(27(31)28(25)32)21-14-12-20(13-15-21)19-9-6-18(7-10-19)8-11-22-4-3-5-24(29)26(22)30/h3-7,9-10,12-16,25H,2,8,11,17H2,1H3. The van der Waals surface area contributed by atoms with E-state index in [1.54, 1.807) is 31.2 Å². The molecule has 0 spiro atoms. The van der Waals surface area contributed by atoms with Gasteiger partial charge in [0.1, 0.15) is 6.10 Å². The van der Waals surface area contributed by atoms with E-state index in [0.29, 0.717) is 37.0 Å². The van der Waals surface area contributed by atoms with E-state index in [-0.39, 0.29) is 5.57 Å². The first kappa shape index (κ1) is 23.0. The molecular formula is C28H24F4O. The molecule has 170 valence electrons. The SMILES string of the molecule is CCOC1CC=C(c2ccc(-c3ccc(CCc4cccc(F)c4F)cc3)cc2)C(F)=C1F. The van der Waals surface area contributed by atoms with Crippen LogP contribution in [0, 0.1) is 11.6 Å². The minimum atomic E-state index is -0.869. The highest BCUT2D eigenvalue weighted by atomic mass is 19.2. The molecule has 0 saturated heterocycles. The quantitative estimate of drug-likeness (QED) is 0.333. The summed E-state index contributed by atoms with van der Waals surface area (Å²) in [6.07, 6.45) is 2.11. The van der Waals surface area contributed by atoms with E-state index < -0.39 is 29.4 Å². The van der Waals surface area contributed by atoms with Crippen LogP contribution in [-0.4, -0.2) is 12.7 Å². The molecule has 3 aromatic rings. The van der Waals surface area contributed by atoms with Gasteiger partial charge in [-0.05, 0) is 60.1 Å². The monoisotopic (exact) mass is 452 g/mol. The summed E-state index contributed by atoms with van der Waals surface area (Å²) in [6, 6.07) is 19.3. The summed E-state index contributed by atoms with van der Waals surface area (Å²) >= 11 is 0. The molecule has 0 heterocycles. The molecule has 1 atom stereocenters. The van der Waals surface area contributed by atoms with Gasteiger partial charge in [-0.3, -0.25) is 0 Å². The van der Waals surface area contributed by atoms with Gasteiger partial charge in [0.25, 0.3) is 0 Å². The lowest BCUT2D eigenvalue weighted by Crippen LogP contribution is -2.17. The van der Waals surface area contributed by atoms with Gasteiger partial charge in [-0.25, -0.2) is 17.6 Å². The highest BCUT2D eigenvalue weighted by molar-refractivity contribution is 5.80.